The van der Waals surface area contributed by atoms with Crippen LogP contribution in [0, 0.1) is 0 Å². The van der Waals surface area contributed by atoms with Gasteiger partial charge in [0.2, 0.25) is 0 Å². The molecule has 3 nitrogen and oxygen atoms in total. The molecule has 0 bridgehead atoms. The Hall–Kier alpha value is -0.820. The van der Waals surface area contributed by atoms with Crippen LogP contribution in [0.2, 0.25) is 0 Å². The van der Waals surface area contributed by atoms with E-state index in [0.29, 0.717) is 25.5 Å². The van der Waals surface area contributed by atoms with Crippen molar-refractivity contribution in [1.82, 2.24) is 4.98 Å². The molecule has 0 saturated carbocycles. The number of aromatic nitrogens is 1. The Labute approximate surface area is 124 Å². The number of ether oxygens (including phenoxy) is 1. The number of pyridine rings is 1. The second kappa shape index (κ2) is 6.76. The molecular formula is C13H16BrF3N2O. The normalized spacial score (nSPS) is 17.5. The Morgan fingerprint density at radius 1 is 1.30 bits per heavy atom. The molecule has 112 valence electrons. The molecule has 0 N–H and O–H groups in total. The summed E-state index contributed by atoms with van der Waals surface area (Å²) < 4.78 is 43.5. The van der Waals surface area contributed by atoms with Crippen LogP contribution in [-0.4, -0.2) is 36.1 Å². The molecule has 1 aliphatic rings. The van der Waals surface area contributed by atoms with E-state index in [1.54, 1.807) is 6.07 Å². The van der Waals surface area contributed by atoms with Gasteiger partial charge in [-0.2, -0.15) is 13.2 Å². The van der Waals surface area contributed by atoms with Crippen molar-refractivity contribution in [3.63, 3.8) is 0 Å². The Morgan fingerprint density at radius 2 is 2.00 bits per heavy atom. The third-order valence-electron chi connectivity index (χ3n) is 3.22. The molecule has 1 aliphatic heterocycles. The maximum absolute atomic E-state index is 12.6. The van der Waals surface area contributed by atoms with Gasteiger partial charge >= 0.3 is 6.18 Å². The van der Waals surface area contributed by atoms with Gasteiger partial charge in [0.15, 0.2) is 0 Å². The molecule has 1 saturated heterocycles. The van der Waals surface area contributed by atoms with Crippen molar-refractivity contribution in [2.24, 2.45) is 0 Å². The van der Waals surface area contributed by atoms with E-state index < -0.39 is 11.9 Å². The molecule has 0 aliphatic carbocycles. The van der Waals surface area contributed by atoms with Crippen molar-refractivity contribution in [2.75, 3.05) is 29.9 Å². The molecule has 1 fully saturated rings. The van der Waals surface area contributed by atoms with Gasteiger partial charge in [-0.15, -0.1) is 0 Å². The lowest BCUT2D eigenvalue weighted by Gasteiger charge is -2.32. The van der Waals surface area contributed by atoms with Gasteiger partial charge < -0.3 is 9.64 Å². The van der Waals surface area contributed by atoms with Crippen molar-refractivity contribution in [1.29, 1.82) is 0 Å². The summed E-state index contributed by atoms with van der Waals surface area (Å²) in [4.78, 5) is 5.59. The number of halogens is 4. The average Bonchev–Trinajstić information content (AvgIpc) is 2.45. The Bertz CT molecular complexity index is 434. The second-order valence-corrected chi connectivity index (χ2v) is 5.42. The molecule has 1 aromatic heterocycles. The number of piperidine rings is 1. The molecule has 0 spiro atoms. The lowest BCUT2D eigenvalue weighted by Crippen LogP contribution is -2.38. The molecule has 0 aromatic carbocycles. The quantitative estimate of drug-likeness (QED) is 0.775. The fourth-order valence-corrected chi connectivity index (χ4v) is 2.41. The van der Waals surface area contributed by atoms with Crippen molar-refractivity contribution in [2.45, 2.75) is 25.1 Å². The van der Waals surface area contributed by atoms with Crippen LogP contribution in [0.5, 0.6) is 0 Å². The van der Waals surface area contributed by atoms with E-state index in [9.17, 15) is 13.2 Å². The fourth-order valence-electron chi connectivity index (χ4n) is 2.22. The molecular weight excluding hydrogens is 337 g/mol. The van der Waals surface area contributed by atoms with E-state index in [1.807, 2.05) is 4.90 Å². The number of alkyl halides is 4. The predicted molar refractivity (Wildman–Crippen MR) is 74.2 cm³/mol. The fraction of sp³-hybridized carbons (Fsp3) is 0.615. The van der Waals surface area contributed by atoms with Gasteiger partial charge in [-0.05, 0) is 25.0 Å². The van der Waals surface area contributed by atoms with Gasteiger partial charge in [0.1, 0.15) is 11.5 Å². The average molecular weight is 353 g/mol. The number of nitrogens with zero attached hydrogens (tertiary/aromatic N) is 2. The van der Waals surface area contributed by atoms with Crippen molar-refractivity contribution in [3.8, 4) is 0 Å². The van der Waals surface area contributed by atoms with Crippen LogP contribution in [0.15, 0.2) is 18.2 Å². The smallest absolute Gasteiger partial charge is 0.377 e. The van der Waals surface area contributed by atoms with Crippen molar-refractivity contribution < 1.29 is 17.9 Å². The van der Waals surface area contributed by atoms with E-state index in [-0.39, 0.29) is 6.10 Å². The summed E-state index contributed by atoms with van der Waals surface area (Å²) in [5, 5.41) is 0.794. The molecule has 2 rings (SSSR count). The van der Waals surface area contributed by atoms with Gasteiger partial charge in [-0.3, -0.25) is 0 Å². The summed E-state index contributed by atoms with van der Waals surface area (Å²) in [7, 11) is 0. The van der Waals surface area contributed by atoms with E-state index in [4.69, 9.17) is 4.74 Å². The van der Waals surface area contributed by atoms with Crippen LogP contribution in [0.1, 0.15) is 18.5 Å². The molecule has 0 radical (unpaired) electrons. The van der Waals surface area contributed by atoms with Crippen LogP contribution < -0.4 is 4.90 Å². The Kier molecular flexibility index (Phi) is 5.26. The van der Waals surface area contributed by atoms with Crippen molar-refractivity contribution >= 4 is 21.7 Å². The number of anilines is 1. The third-order valence-corrected chi connectivity index (χ3v) is 3.55. The number of rotatable bonds is 4. The first-order valence-corrected chi connectivity index (χ1v) is 7.59. The Morgan fingerprint density at radius 3 is 2.60 bits per heavy atom. The summed E-state index contributed by atoms with van der Waals surface area (Å²) >= 11 is 3.30. The van der Waals surface area contributed by atoms with E-state index in [1.165, 1.54) is 6.07 Å². The predicted octanol–water partition coefficient (Wildman–Crippen LogP) is 3.48. The maximum atomic E-state index is 12.6. The van der Waals surface area contributed by atoms with Gasteiger partial charge in [-0.25, -0.2) is 4.98 Å². The van der Waals surface area contributed by atoms with Gasteiger partial charge in [-0.1, -0.05) is 22.0 Å². The standard InChI is InChI=1S/C13H16BrF3N2O/c14-6-9-20-10-4-7-19(8-5-10)12-3-1-2-11(18-12)13(15,16)17/h1-3,10H,4-9H2. The molecule has 0 atom stereocenters. The van der Waals surface area contributed by atoms with Gasteiger partial charge in [0, 0.05) is 18.4 Å². The van der Waals surface area contributed by atoms with Crippen LogP contribution in [-0.2, 0) is 10.9 Å². The first kappa shape index (κ1) is 15.6. The maximum Gasteiger partial charge on any atom is 0.433 e. The zero-order valence-electron chi connectivity index (χ0n) is 10.9. The van der Waals surface area contributed by atoms with Crippen LogP contribution >= 0.6 is 15.9 Å². The van der Waals surface area contributed by atoms with Crippen LogP contribution in [0.4, 0.5) is 19.0 Å². The lowest BCUT2D eigenvalue weighted by atomic mass is 10.1. The lowest BCUT2D eigenvalue weighted by molar-refractivity contribution is -0.141. The highest BCUT2D eigenvalue weighted by atomic mass is 79.9. The summed E-state index contributed by atoms with van der Waals surface area (Å²) in [5.41, 5.74) is -0.840. The summed E-state index contributed by atoms with van der Waals surface area (Å²) in [6.07, 6.45) is -2.59. The molecule has 0 amide bonds. The highest BCUT2D eigenvalue weighted by Gasteiger charge is 2.33. The zero-order valence-corrected chi connectivity index (χ0v) is 12.5. The minimum absolute atomic E-state index is 0.189. The molecule has 7 heteroatoms. The Balaban J connectivity index is 1.97. The highest BCUT2D eigenvalue weighted by molar-refractivity contribution is 9.09. The van der Waals surface area contributed by atoms with E-state index in [2.05, 4.69) is 20.9 Å². The van der Waals surface area contributed by atoms with Crippen LogP contribution in [0.3, 0.4) is 0 Å². The zero-order chi connectivity index (χ0) is 14.6. The topological polar surface area (TPSA) is 25.4 Å². The number of hydrogen-bond donors (Lipinski definition) is 0. The second-order valence-electron chi connectivity index (χ2n) is 4.62. The minimum atomic E-state index is -4.40. The number of hydrogen-bond acceptors (Lipinski definition) is 3. The summed E-state index contributed by atoms with van der Waals surface area (Å²) in [6, 6.07) is 4.02. The van der Waals surface area contributed by atoms with Gasteiger partial charge in [0.05, 0.1) is 12.7 Å². The van der Waals surface area contributed by atoms with Crippen LogP contribution in [0.25, 0.3) is 0 Å². The SMILES string of the molecule is FC(F)(F)c1cccc(N2CCC(OCCBr)CC2)n1. The largest absolute Gasteiger partial charge is 0.433 e. The van der Waals surface area contributed by atoms with E-state index in [0.717, 1.165) is 24.2 Å². The molecule has 20 heavy (non-hydrogen) atoms. The summed E-state index contributed by atoms with van der Waals surface area (Å²) in [5.74, 6) is 0.388. The first-order valence-electron chi connectivity index (χ1n) is 6.47. The molecule has 2 heterocycles. The highest BCUT2D eigenvalue weighted by Crippen LogP contribution is 2.29. The first-order chi connectivity index (χ1) is 9.50. The minimum Gasteiger partial charge on any atom is -0.377 e. The van der Waals surface area contributed by atoms with Crippen molar-refractivity contribution in [3.05, 3.63) is 23.9 Å². The molecule has 1 aromatic rings. The molecule has 0 unspecified atom stereocenters. The summed E-state index contributed by atoms with van der Waals surface area (Å²) in [6.45, 7) is 2.00. The van der Waals surface area contributed by atoms with E-state index >= 15 is 0 Å². The van der Waals surface area contributed by atoms with Gasteiger partial charge in [0.25, 0.3) is 0 Å². The monoisotopic (exact) mass is 352 g/mol. The third kappa shape index (κ3) is 4.09.